The number of hydrazine groups is 1. The molecular weight excluding hydrogens is 328 g/mol. The Morgan fingerprint density at radius 3 is 2.33 bits per heavy atom. The third kappa shape index (κ3) is 3.04. The Morgan fingerprint density at radius 1 is 1.00 bits per heavy atom. The van der Waals surface area contributed by atoms with E-state index in [1.54, 1.807) is 31.2 Å². The standard InChI is InChI=1S/C17H16N2O4S/c1-11-7-9-13(10-8-11)24(21,22)19-18-17(20)16-12(2)14-5-3-4-6-15(14)23-16/h3-10,19H,1-2H3,(H,18,20). The first-order valence-corrected chi connectivity index (χ1v) is 8.74. The minimum Gasteiger partial charge on any atom is -0.451 e. The van der Waals surface area contributed by atoms with Crippen LogP contribution in [0, 0.1) is 13.8 Å². The average molecular weight is 344 g/mol. The summed E-state index contributed by atoms with van der Waals surface area (Å²) < 4.78 is 29.9. The van der Waals surface area contributed by atoms with Crippen molar-refractivity contribution in [1.82, 2.24) is 10.3 Å². The quantitative estimate of drug-likeness (QED) is 0.712. The molecule has 6 nitrogen and oxygen atoms in total. The Hall–Kier alpha value is -2.64. The summed E-state index contributed by atoms with van der Waals surface area (Å²) in [6.45, 7) is 3.60. The third-order valence-electron chi connectivity index (χ3n) is 3.68. The minimum absolute atomic E-state index is 0.0646. The lowest BCUT2D eigenvalue weighted by Gasteiger charge is -2.08. The molecule has 1 aromatic heterocycles. The summed E-state index contributed by atoms with van der Waals surface area (Å²) in [5.41, 5.74) is 4.35. The van der Waals surface area contributed by atoms with Gasteiger partial charge in [-0.2, -0.15) is 0 Å². The highest BCUT2D eigenvalue weighted by Gasteiger charge is 2.20. The molecule has 0 fully saturated rings. The molecule has 0 saturated heterocycles. The van der Waals surface area contributed by atoms with Gasteiger partial charge in [-0.1, -0.05) is 35.9 Å². The highest BCUT2D eigenvalue weighted by Crippen LogP contribution is 2.24. The molecule has 0 radical (unpaired) electrons. The summed E-state index contributed by atoms with van der Waals surface area (Å²) in [7, 11) is -3.85. The van der Waals surface area contributed by atoms with Crippen LogP contribution in [0.4, 0.5) is 0 Å². The van der Waals surface area contributed by atoms with Crippen LogP contribution in [-0.2, 0) is 10.0 Å². The van der Waals surface area contributed by atoms with E-state index >= 15 is 0 Å². The second kappa shape index (κ2) is 6.10. The van der Waals surface area contributed by atoms with Crippen LogP contribution in [0.25, 0.3) is 11.0 Å². The number of benzene rings is 2. The number of carbonyl (C=O) groups is 1. The van der Waals surface area contributed by atoms with Gasteiger partial charge in [0.15, 0.2) is 5.76 Å². The number of para-hydroxylation sites is 1. The smallest absolute Gasteiger partial charge is 0.302 e. The van der Waals surface area contributed by atoms with Crippen LogP contribution in [-0.4, -0.2) is 14.3 Å². The van der Waals surface area contributed by atoms with Gasteiger partial charge < -0.3 is 4.42 Å². The number of hydrogen-bond acceptors (Lipinski definition) is 4. The number of sulfonamides is 1. The monoisotopic (exact) mass is 344 g/mol. The second-order valence-corrected chi connectivity index (χ2v) is 7.11. The van der Waals surface area contributed by atoms with Crippen molar-refractivity contribution >= 4 is 26.9 Å². The summed E-state index contributed by atoms with van der Waals surface area (Å²) in [5.74, 6) is -0.581. The molecule has 0 aliphatic rings. The third-order valence-corrected chi connectivity index (χ3v) is 4.94. The molecule has 24 heavy (non-hydrogen) atoms. The van der Waals surface area contributed by atoms with Crippen molar-refractivity contribution < 1.29 is 17.6 Å². The summed E-state index contributed by atoms with van der Waals surface area (Å²) in [6, 6.07) is 13.5. The predicted molar refractivity (Wildman–Crippen MR) is 89.9 cm³/mol. The Labute approximate surface area is 139 Å². The van der Waals surface area contributed by atoms with Crippen LogP contribution < -0.4 is 10.3 Å². The van der Waals surface area contributed by atoms with E-state index in [1.807, 2.05) is 19.1 Å². The Kier molecular flexibility index (Phi) is 4.13. The molecular formula is C17H16N2O4S. The van der Waals surface area contributed by atoms with E-state index in [0.717, 1.165) is 10.9 Å². The van der Waals surface area contributed by atoms with Gasteiger partial charge in [0.05, 0.1) is 4.90 Å². The molecule has 0 spiro atoms. The van der Waals surface area contributed by atoms with Crippen LogP contribution in [0.5, 0.6) is 0 Å². The molecule has 3 aromatic rings. The number of nitrogens with one attached hydrogen (secondary N) is 2. The average Bonchev–Trinajstić information content (AvgIpc) is 2.91. The first kappa shape index (κ1) is 16.2. The van der Waals surface area contributed by atoms with E-state index in [9.17, 15) is 13.2 Å². The van der Waals surface area contributed by atoms with Crippen LogP contribution in [0.15, 0.2) is 57.8 Å². The van der Waals surface area contributed by atoms with E-state index in [-0.39, 0.29) is 10.7 Å². The predicted octanol–water partition coefficient (Wildman–Crippen LogP) is 2.67. The Balaban J connectivity index is 1.79. The normalized spacial score (nSPS) is 11.6. The Morgan fingerprint density at radius 2 is 1.67 bits per heavy atom. The highest BCUT2D eigenvalue weighted by atomic mass is 32.2. The number of furan rings is 1. The topological polar surface area (TPSA) is 88.4 Å². The van der Waals surface area contributed by atoms with Crippen molar-refractivity contribution in [3.8, 4) is 0 Å². The van der Waals surface area contributed by atoms with Gasteiger partial charge in [0.1, 0.15) is 5.58 Å². The fourth-order valence-electron chi connectivity index (χ4n) is 2.34. The molecule has 1 amide bonds. The van der Waals surface area contributed by atoms with Crippen molar-refractivity contribution in [3.63, 3.8) is 0 Å². The first-order valence-electron chi connectivity index (χ1n) is 7.25. The fourth-order valence-corrected chi connectivity index (χ4v) is 3.18. The largest absolute Gasteiger partial charge is 0.451 e. The van der Waals surface area contributed by atoms with Gasteiger partial charge in [-0.3, -0.25) is 10.2 Å². The summed E-state index contributed by atoms with van der Waals surface area (Å²) in [4.78, 5) is 14.4. The van der Waals surface area contributed by atoms with Gasteiger partial charge in [-0.25, -0.2) is 8.42 Å². The molecule has 7 heteroatoms. The number of rotatable bonds is 4. The van der Waals surface area contributed by atoms with E-state index in [2.05, 4.69) is 10.3 Å². The molecule has 0 unspecified atom stereocenters. The lowest BCUT2D eigenvalue weighted by Crippen LogP contribution is -2.41. The molecule has 0 atom stereocenters. The molecule has 2 aromatic carbocycles. The maximum atomic E-state index is 12.2. The van der Waals surface area contributed by atoms with Crippen LogP contribution in [0.2, 0.25) is 0 Å². The maximum Gasteiger partial charge on any atom is 0.302 e. The Bertz CT molecular complexity index is 1000. The van der Waals surface area contributed by atoms with Gasteiger partial charge in [-0.15, -0.1) is 4.83 Å². The van der Waals surface area contributed by atoms with Gasteiger partial charge in [0, 0.05) is 10.9 Å². The maximum absolute atomic E-state index is 12.2. The molecule has 2 N–H and O–H groups in total. The summed E-state index contributed by atoms with van der Waals surface area (Å²) >= 11 is 0. The number of carbonyl (C=O) groups excluding carboxylic acids is 1. The molecule has 0 bridgehead atoms. The van der Waals surface area contributed by atoms with E-state index in [4.69, 9.17) is 4.42 Å². The van der Waals surface area contributed by atoms with Crippen LogP contribution in [0.3, 0.4) is 0 Å². The van der Waals surface area contributed by atoms with Crippen LogP contribution in [0.1, 0.15) is 21.7 Å². The number of aryl methyl sites for hydroxylation is 2. The fraction of sp³-hybridized carbons (Fsp3) is 0.118. The van der Waals surface area contributed by atoms with E-state index in [1.165, 1.54) is 12.1 Å². The number of hydrogen-bond donors (Lipinski definition) is 2. The highest BCUT2D eigenvalue weighted by molar-refractivity contribution is 7.89. The molecule has 0 saturated carbocycles. The van der Waals surface area contributed by atoms with Gasteiger partial charge in [-0.05, 0) is 32.0 Å². The van der Waals surface area contributed by atoms with E-state index in [0.29, 0.717) is 11.1 Å². The van der Waals surface area contributed by atoms with Crippen molar-refractivity contribution in [2.75, 3.05) is 0 Å². The molecule has 0 aliphatic carbocycles. The molecule has 1 heterocycles. The van der Waals surface area contributed by atoms with Crippen molar-refractivity contribution in [2.24, 2.45) is 0 Å². The molecule has 0 aliphatic heterocycles. The molecule has 3 rings (SSSR count). The molecule has 124 valence electrons. The van der Waals surface area contributed by atoms with E-state index < -0.39 is 15.9 Å². The van der Waals surface area contributed by atoms with Gasteiger partial charge in [0.2, 0.25) is 0 Å². The second-order valence-electron chi connectivity index (χ2n) is 5.43. The zero-order valence-corrected chi connectivity index (χ0v) is 14.0. The lowest BCUT2D eigenvalue weighted by molar-refractivity contribution is 0.0918. The number of fused-ring (bicyclic) bond motifs is 1. The van der Waals surface area contributed by atoms with Crippen molar-refractivity contribution in [1.29, 1.82) is 0 Å². The summed E-state index contributed by atoms with van der Waals surface area (Å²) in [5, 5.41) is 0.809. The van der Waals surface area contributed by atoms with Gasteiger partial charge in [0.25, 0.3) is 10.0 Å². The SMILES string of the molecule is Cc1ccc(S(=O)(=O)NNC(=O)c2oc3ccccc3c2C)cc1. The van der Waals surface area contributed by atoms with Gasteiger partial charge >= 0.3 is 5.91 Å². The minimum atomic E-state index is -3.85. The number of amides is 1. The summed E-state index contributed by atoms with van der Waals surface area (Å²) in [6.07, 6.45) is 0. The lowest BCUT2D eigenvalue weighted by atomic mass is 10.1. The zero-order chi connectivity index (χ0) is 17.3. The van der Waals surface area contributed by atoms with Crippen molar-refractivity contribution in [2.45, 2.75) is 18.7 Å². The zero-order valence-electron chi connectivity index (χ0n) is 13.2. The van der Waals surface area contributed by atoms with Crippen LogP contribution >= 0.6 is 0 Å². The van der Waals surface area contributed by atoms with Crippen molar-refractivity contribution in [3.05, 3.63) is 65.4 Å². The first-order chi connectivity index (χ1) is 11.4.